The molecule has 22 heavy (non-hydrogen) atoms. The van der Waals surface area contributed by atoms with Gasteiger partial charge in [0, 0.05) is 17.8 Å². The minimum absolute atomic E-state index is 0.0494. The molecule has 0 bridgehead atoms. The summed E-state index contributed by atoms with van der Waals surface area (Å²) in [6.45, 7) is -2.85. The molecule has 5 nitrogen and oxygen atoms in total. The minimum Gasteiger partial charge on any atom is -0.465 e. The Morgan fingerprint density at radius 3 is 2.73 bits per heavy atom. The molecule has 0 saturated heterocycles. The molecule has 112 valence electrons. The van der Waals surface area contributed by atoms with Crippen molar-refractivity contribution in [1.29, 1.82) is 0 Å². The van der Waals surface area contributed by atoms with Crippen LogP contribution in [0.15, 0.2) is 42.7 Å². The monoisotopic (exact) mass is 303 g/mol. The van der Waals surface area contributed by atoms with Gasteiger partial charge >= 0.3 is 12.5 Å². The molecule has 0 N–H and O–H groups in total. The van der Waals surface area contributed by atoms with E-state index in [1.165, 1.54) is 7.11 Å². The predicted molar refractivity (Wildman–Crippen MR) is 75.6 cm³/mol. The van der Waals surface area contributed by atoms with E-state index < -0.39 is 12.5 Å². The molecule has 0 saturated carbocycles. The van der Waals surface area contributed by atoms with Crippen molar-refractivity contribution in [2.45, 2.75) is 6.55 Å². The molecule has 7 heteroatoms. The van der Waals surface area contributed by atoms with Gasteiger partial charge in [-0.2, -0.15) is 13.9 Å². The van der Waals surface area contributed by atoms with Crippen molar-refractivity contribution in [3.63, 3.8) is 0 Å². The molecule has 0 aliphatic carbocycles. The second-order valence-corrected chi connectivity index (χ2v) is 4.52. The van der Waals surface area contributed by atoms with E-state index in [4.69, 9.17) is 0 Å². The van der Waals surface area contributed by atoms with Crippen LogP contribution >= 0.6 is 0 Å². The molecule has 0 aliphatic rings. The lowest BCUT2D eigenvalue weighted by molar-refractivity contribution is 0.0556. The summed E-state index contributed by atoms with van der Waals surface area (Å²) in [6, 6.07) is 9.10. The number of benzene rings is 1. The van der Waals surface area contributed by atoms with Crippen LogP contribution in [0.3, 0.4) is 0 Å². The number of aromatic nitrogens is 3. The molecule has 0 amide bonds. The number of pyridine rings is 1. The highest BCUT2D eigenvalue weighted by Gasteiger charge is 2.23. The van der Waals surface area contributed by atoms with E-state index in [1.54, 1.807) is 24.4 Å². The van der Waals surface area contributed by atoms with Gasteiger partial charge in [0.25, 0.3) is 0 Å². The molecule has 0 spiro atoms. The fraction of sp³-hybridized carbons (Fsp3) is 0.133. The van der Waals surface area contributed by atoms with Gasteiger partial charge in [-0.1, -0.05) is 24.3 Å². The van der Waals surface area contributed by atoms with Gasteiger partial charge in [0.05, 0.1) is 12.8 Å². The molecule has 2 aromatic heterocycles. The summed E-state index contributed by atoms with van der Waals surface area (Å²) < 4.78 is 30.8. The normalized spacial score (nSPS) is 11.1. The number of hydrogen-bond donors (Lipinski definition) is 0. The Bertz CT molecular complexity index is 840. The quantitative estimate of drug-likeness (QED) is 0.697. The zero-order valence-electron chi connectivity index (χ0n) is 11.5. The largest absolute Gasteiger partial charge is 0.465 e. The summed E-state index contributed by atoms with van der Waals surface area (Å²) in [7, 11) is 1.18. The smallest absolute Gasteiger partial charge is 0.341 e. The first-order chi connectivity index (χ1) is 10.6. The highest BCUT2D eigenvalue weighted by atomic mass is 19.3. The average Bonchev–Trinajstić information content (AvgIpc) is 2.99. The van der Waals surface area contributed by atoms with E-state index in [9.17, 15) is 13.6 Å². The maximum absolute atomic E-state index is 12.9. The predicted octanol–water partition coefficient (Wildman–Crippen LogP) is 3.28. The average molecular weight is 303 g/mol. The molecule has 0 fully saturated rings. The number of esters is 1. The van der Waals surface area contributed by atoms with E-state index in [0.29, 0.717) is 10.4 Å². The molecule has 0 radical (unpaired) electrons. The van der Waals surface area contributed by atoms with Crippen LogP contribution in [0.2, 0.25) is 0 Å². The zero-order chi connectivity index (χ0) is 15.7. The van der Waals surface area contributed by atoms with Crippen LogP contribution < -0.4 is 0 Å². The summed E-state index contributed by atoms with van der Waals surface area (Å²) in [5.41, 5.74) is 0.383. The van der Waals surface area contributed by atoms with Crippen molar-refractivity contribution in [3.8, 4) is 11.4 Å². The zero-order valence-corrected chi connectivity index (χ0v) is 11.5. The summed E-state index contributed by atoms with van der Waals surface area (Å²) in [5.74, 6) is -0.739. The maximum atomic E-state index is 12.9. The van der Waals surface area contributed by atoms with Gasteiger partial charge < -0.3 is 4.74 Å². The Morgan fingerprint density at radius 1 is 1.23 bits per heavy atom. The first-order valence-corrected chi connectivity index (χ1v) is 6.41. The van der Waals surface area contributed by atoms with Crippen molar-refractivity contribution in [2.24, 2.45) is 0 Å². The van der Waals surface area contributed by atoms with Gasteiger partial charge in [-0.05, 0) is 11.5 Å². The number of methoxy groups -OCH3 is 1. The van der Waals surface area contributed by atoms with E-state index in [-0.39, 0.29) is 11.3 Å². The summed E-state index contributed by atoms with van der Waals surface area (Å²) in [4.78, 5) is 16.0. The third kappa shape index (κ3) is 2.30. The molecule has 0 unspecified atom stereocenters. The third-order valence-corrected chi connectivity index (χ3v) is 3.24. The van der Waals surface area contributed by atoms with E-state index in [2.05, 4.69) is 14.8 Å². The van der Waals surface area contributed by atoms with Crippen molar-refractivity contribution in [3.05, 3.63) is 48.3 Å². The van der Waals surface area contributed by atoms with Crippen LogP contribution in [-0.2, 0) is 4.74 Å². The first kappa shape index (κ1) is 14.1. The highest BCUT2D eigenvalue weighted by molar-refractivity contribution is 6.01. The molecule has 3 rings (SSSR count). The van der Waals surface area contributed by atoms with Gasteiger partial charge in [-0.25, -0.2) is 9.48 Å². The lowest BCUT2D eigenvalue weighted by Crippen LogP contribution is -2.02. The lowest BCUT2D eigenvalue weighted by Gasteiger charge is -2.04. The minimum atomic E-state index is -2.85. The third-order valence-electron chi connectivity index (χ3n) is 3.24. The Morgan fingerprint density at radius 2 is 2.00 bits per heavy atom. The van der Waals surface area contributed by atoms with Crippen LogP contribution in [0.1, 0.15) is 16.9 Å². The van der Waals surface area contributed by atoms with Gasteiger partial charge in [-0.15, -0.1) is 0 Å². The topological polar surface area (TPSA) is 57.0 Å². The van der Waals surface area contributed by atoms with Crippen molar-refractivity contribution >= 4 is 16.7 Å². The standard InChI is InChI=1S/C15H11F2N3O2/c1-22-14(21)11-8-20(15(16)17)19-13(11)12-10-5-3-2-4-9(10)6-7-18-12/h2-8,15H,1H3. The second kappa shape index (κ2) is 5.51. The van der Waals surface area contributed by atoms with E-state index in [0.717, 1.165) is 17.0 Å². The van der Waals surface area contributed by atoms with Gasteiger partial charge in [0.1, 0.15) is 11.3 Å². The molecule has 1 aromatic carbocycles. The van der Waals surface area contributed by atoms with Crippen LogP contribution in [0, 0.1) is 0 Å². The molecular formula is C15H11F2N3O2. The van der Waals surface area contributed by atoms with Gasteiger partial charge in [0.15, 0.2) is 0 Å². The summed E-state index contributed by atoms with van der Waals surface area (Å²) in [5, 5.41) is 5.39. The fourth-order valence-electron chi connectivity index (χ4n) is 2.23. The maximum Gasteiger partial charge on any atom is 0.341 e. The number of ether oxygens (including phenoxy) is 1. The number of nitrogens with zero attached hydrogens (tertiary/aromatic N) is 3. The van der Waals surface area contributed by atoms with E-state index >= 15 is 0 Å². The van der Waals surface area contributed by atoms with Gasteiger partial charge in [0.2, 0.25) is 0 Å². The van der Waals surface area contributed by atoms with Crippen LogP contribution in [0.25, 0.3) is 22.2 Å². The summed E-state index contributed by atoms with van der Waals surface area (Å²) in [6.07, 6.45) is 2.51. The molecular weight excluding hydrogens is 292 g/mol. The van der Waals surface area contributed by atoms with Crippen molar-refractivity contribution in [2.75, 3.05) is 7.11 Å². The molecule has 0 aliphatic heterocycles. The van der Waals surface area contributed by atoms with Gasteiger partial charge in [-0.3, -0.25) is 4.98 Å². The lowest BCUT2D eigenvalue weighted by atomic mass is 10.1. The summed E-state index contributed by atoms with van der Waals surface area (Å²) >= 11 is 0. The molecule has 3 aromatic rings. The Kier molecular flexibility index (Phi) is 3.54. The Labute approximate surface area is 124 Å². The Balaban J connectivity index is 2.27. The SMILES string of the molecule is COC(=O)c1cn(C(F)F)nc1-c1nccc2ccccc12. The number of fused-ring (bicyclic) bond motifs is 1. The second-order valence-electron chi connectivity index (χ2n) is 4.52. The fourth-order valence-corrected chi connectivity index (χ4v) is 2.23. The van der Waals surface area contributed by atoms with Crippen molar-refractivity contribution in [1.82, 2.24) is 14.8 Å². The molecule has 0 atom stereocenters. The number of carbonyl (C=O) groups excluding carboxylic acids is 1. The van der Waals surface area contributed by atoms with Crippen molar-refractivity contribution < 1.29 is 18.3 Å². The van der Waals surface area contributed by atoms with Crippen LogP contribution in [0.5, 0.6) is 0 Å². The number of carbonyl (C=O) groups is 1. The number of hydrogen-bond acceptors (Lipinski definition) is 4. The van der Waals surface area contributed by atoms with E-state index in [1.807, 2.05) is 12.1 Å². The molecule has 2 heterocycles. The number of rotatable bonds is 3. The Hall–Kier alpha value is -2.83. The van der Waals surface area contributed by atoms with Crippen LogP contribution in [0.4, 0.5) is 8.78 Å². The number of halogens is 2. The first-order valence-electron chi connectivity index (χ1n) is 6.41. The number of alkyl halides is 2. The van der Waals surface area contributed by atoms with Crippen LogP contribution in [-0.4, -0.2) is 27.8 Å². The highest BCUT2D eigenvalue weighted by Crippen LogP contribution is 2.29.